The normalized spacial score (nSPS) is 26.6. The Balaban J connectivity index is 2.10. The lowest BCUT2D eigenvalue weighted by Gasteiger charge is -2.16. The average Bonchev–Trinajstić information content (AvgIpc) is 2.68. The lowest BCUT2D eigenvalue weighted by atomic mass is 9.94. The van der Waals surface area contributed by atoms with Gasteiger partial charge in [-0.05, 0) is 18.9 Å². The number of nitrogens with one attached hydrogen (secondary N) is 2. The molecule has 1 aliphatic heterocycles. The van der Waals surface area contributed by atoms with Crippen molar-refractivity contribution in [2.45, 2.75) is 12.5 Å². The number of hydrogen-bond acceptors (Lipinski definition) is 5. The van der Waals surface area contributed by atoms with Gasteiger partial charge in [-0.15, -0.1) is 0 Å². The minimum Gasteiger partial charge on any atom is -0.330 e. The van der Waals surface area contributed by atoms with E-state index >= 15 is 0 Å². The van der Waals surface area contributed by atoms with Crippen molar-refractivity contribution in [3.8, 4) is 0 Å². The smallest absolute Gasteiger partial charge is 0.115 e. The first-order valence-electron chi connectivity index (χ1n) is 4.85. The fourth-order valence-corrected chi connectivity index (χ4v) is 1.85. The topological polar surface area (TPSA) is 75.9 Å². The molecule has 1 aromatic rings. The molecule has 5 nitrogen and oxygen atoms in total. The van der Waals surface area contributed by atoms with Gasteiger partial charge >= 0.3 is 0 Å². The standard InChI is InChI=1S/C9H15N5/c10-2-1-7-5-13-14-9(7)8-3-11-6-12-4-8/h3-4,6-7,9,13-14H,1-2,5,10H2. The Morgan fingerprint density at radius 2 is 2.21 bits per heavy atom. The number of hydrazine groups is 1. The summed E-state index contributed by atoms with van der Waals surface area (Å²) in [5.74, 6) is 0.533. The lowest BCUT2D eigenvalue weighted by molar-refractivity contribution is 0.449. The summed E-state index contributed by atoms with van der Waals surface area (Å²) in [6.07, 6.45) is 6.26. The lowest BCUT2D eigenvalue weighted by Crippen LogP contribution is -2.25. The van der Waals surface area contributed by atoms with Gasteiger partial charge in [0.1, 0.15) is 6.33 Å². The second kappa shape index (κ2) is 4.45. The maximum Gasteiger partial charge on any atom is 0.115 e. The molecule has 0 spiro atoms. The van der Waals surface area contributed by atoms with Gasteiger partial charge in [-0.1, -0.05) is 0 Å². The van der Waals surface area contributed by atoms with Gasteiger partial charge in [0.15, 0.2) is 0 Å². The second-order valence-electron chi connectivity index (χ2n) is 3.51. The summed E-state index contributed by atoms with van der Waals surface area (Å²) in [5.41, 5.74) is 13.0. The molecule has 0 radical (unpaired) electrons. The minimum atomic E-state index is 0.291. The van der Waals surface area contributed by atoms with Crippen LogP contribution in [-0.4, -0.2) is 23.1 Å². The molecular formula is C9H15N5. The number of rotatable bonds is 3. The first-order valence-corrected chi connectivity index (χ1v) is 4.85. The molecule has 1 aromatic heterocycles. The summed E-state index contributed by atoms with van der Waals surface area (Å²) >= 11 is 0. The molecular weight excluding hydrogens is 178 g/mol. The van der Waals surface area contributed by atoms with Crippen molar-refractivity contribution in [2.24, 2.45) is 11.7 Å². The van der Waals surface area contributed by atoms with E-state index < -0.39 is 0 Å². The van der Waals surface area contributed by atoms with Crippen LogP contribution in [0.1, 0.15) is 18.0 Å². The van der Waals surface area contributed by atoms with Crippen LogP contribution in [0.15, 0.2) is 18.7 Å². The zero-order chi connectivity index (χ0) is 9.80. The molecule has 0 amide bonds. The predicted molar refractivity (Wildman–Crippen MR) is 53.1 cm³/mol. The molecule has 14 heavy (non-hydrogen) atoms. The van der Waals surface area contributed by atoms with E-state index in [0.29, 0.717) is 12.0 Å². The molecule has 0 aliphatic carbocycles. The van der Waals surface area contributed by atoms with Crippen LogP contribution in [0.25, 0.3) is 0 Å². The third kappa shape index (κ3) is 1.89. The molecule has 2 unspecified atom stereocenters. The van der Waals surface area contributed by atoms with Crippen LogP contribution < -0.4 is 16.6 Å². The molecule has 1 saturated heterocycles. The van der Waals surface area contributed by atoms with Crippen molar-refractivity contribution in [3.63, 3.8) is 0 Å². The van der Waals surface area contributed by atoms with Crippen molar-refractivity contribution in [1.82, 2.24) is 20.8 Å². The maximum atomic E-state index is 5.56. The van der Waals surface area contributed by atoms with Crippen LogP contribution in [0.2, 0.25) is 0 Å². The van der Waals surface area contributed by atoms with E-state index in [4.69, 9.17) is 5.73 Å². The Morgan fingerprint density at radius 1 is 1.43 bits per heavy atom. The van der Waals surface area contributed by atoms with Crippen molar-refractivity contribution < 1.29 is 0 Å². The van der Waals surface area contributed by atoms with Crippen LogP contribution in [0.3, 0.4) is 0 Å². The predicted octanol–water partition coefficient (Wildman–Crippen LogP) is -0.409. The molecule has 76 valence electrons. The zero-order valence-corrected chi connectivity index (χ0v) is 7.98. The van der Waals surface area contributed by atoms with Gasteiger partial charge in [-0.2, -0.15) is 0 Å². The first-order chi connectivity index (χ1) is 6.92. The van der Waals surface area contributed by atoms with Crippen LogP contribution in [0, 0.1) is 5.92 Å². The Kier molecular flexibility index (Phi) is 3.03. The monoisotopic (exact) mass is 193 g/mol. The van der Waals surface area contributed by atoms with E-state index in [0.717, 1.165) is 25.1 Å². The largest absolute Gasteiger partial charge is 0.330 e. The summed E-state index contributed by atoms with van der Waals surface area (Å²) in [7, 11) is 0. The quantitative estimate of drug-likeness (QED) is 0.608. The molecule has 2 atom stereocenters. The van der Waals surface area contributed by atoms with E-state index in [1.54, 1.807) is 6.33 Å². The van der Waals surface area contributed by atoms with Gasteiger partial charge in [0.25, 0.3) is 0 Å². The van der Waals surface area contributed by atoms with Crippen molar-refractivity contribution in [2.75, 3.05) is 13.1 Å². The third-order valence-electron chi connectivity index (χ3n) is 2.57. The van der Waals surface area contributed by atoms with E-state index in [1.165, 1.54) is 0 Å². The third-order valence-corrected chi connectivity index (χ3v) is 2.57. The van der Waals surface area contributed by atoms with Gasteiger partial charge in [0.05, 0.1) is 6.04 Å². The van der Waals surface area contributed by atoms with Gasteiger partial charge < -0.3 is 5.73 Å². The molecule has 0 bridgehead atoms. The Hall–Kier alpha value is -1.04. The molecule has 2 rings (SSSR count). The summed E-state index contributed by atoms with van der Waals surface area (Å²) < 4.78 is 0. The fourth-order valence-electron chi connectivity index (χ4n) is 1.85. The summed E-state index contributed by atoms with van der Waals surface area (Å²) in [6.45, 7) is 1.68. The Morgan fingerprint density at radius 3 is 2.93 bits per heavy atom. The van der Waals surface area contributed by atoms with Gasteiger partial charge in [0, 0.05) is 24.5 Å². The number of aromatic nitrogens is 2. The molecule has 5 heteroatoms. The number of hydrogen-bond donors (Lipinski definition) is 3. The van der Waals surface area contributed by atoms with Crippen LogP contribution >= 0.6 is 0 Å². The highest BCUT2D eigenvalue weighted by molar-refractivity contribution is 5.12. The summed E-state index contributed by atoms with van der Waals surface area (Å²) in [5, 5.41) is 0. The molecule has 1 fully saturated rings. The Bertz CT molecular complexity index is 276. The van der Waals surface area contributed by atoms with Crippen molar-refractivity contribution in [3.05, 3.63) is 24.3 Å². The van der Waals surface area contributed by atoms with Gasteiger partial charge in [-0.3, -0.25) is 5.43 Å². The van der Waals surface area contributed by atoms with E-state index in [1.807, 2.05) is 12.4 Å². The molecule has 2 heterocycles. The number of nitrogens with two attached hydrogens (primary N) is 1. The van der Waals surface area contributed by atoms with E-state index in [2.05, 4.69) is 20.8 Å². The van der Waals surface area contributed by atoms with Crippen LogP contribution in [0.5, 0.6) is 0 Å². The first kappa shape index (κ1) is 9.51. The molecule has 4 N–H and O–H groups in total. The van der Waals surface area contributed by atoms with E-state index in [9.17, 15) is 0 Å². The summed E-state index contributed by atoms with van der Waals surface area (Å²) in [6, 6.07) is 0.291. The highest BCUT2D eigenvalue weighted by Gasteiger charge is 2.27. The Labute approximate surface area is 83.1 Å². The average molecular weight is 193 g/mol. The number of nitrogens with zero attached hydrogens (tertiary/aromatic N) is 2. The van der Waals surface area contributed by atoms with Crippen LogP contribution in [0.4, 0.5) is 0 Å². The van der Waals surface area contributed by atoms with Gasteiger partial charge in [0.2, 0.25) is 0 Å². The van der Waals surface area contributed by atoms with Gasteiger partial charge in [-0.25, -0.2) is 15.4 Å². The highest BCUT2D eigenvalue weighted by atomic mass is 15.4. The molecule has 1 aliphatic rings. The minimum absolute atomic E-state index is 0.291. The highest BCUT2D eigenvalue weighted by Crippen LogP contribution is 2.25. The fraction of sp³-hybridized carbons (Fsp3) is 0.556. The van der Waals surface area contributed by atoms with Crippen molar-refractivity contribution >= 4 is 0 Å². The van der Waals surface area contributed by atoms with E-state index in [-0.39, 0.29) is 0 Å². The van der Waals surface area contributed by atoms with Crippen LogP contribution in [-0.2, 0) is 0 Å². The molecule has 0 saturated carbocycles. The van der Waals surface area contributed by atoms with Crippen molar-refractivity contribution in [1.29, 1.82) is 0 Å². The second-order valence-corrected chi connectivity index (χ2v) is 3.51. The zero-order valence-electron chi connectivity index (χ0n) is 7.98. The maximum absolute atomic E-state index is 5.56. The summed E-state index contributed by atoms with van der Waals surface area (Å²) in [4.78, 5) is 8.03. The SMILES string of the molecule is NCCC1CNNC1c1cncnc1. The molecule has 0 aromatic carbocycles.